The summed E-state index contributed by atoms with van der Waals surface area (Å²) in [6.07, 6.45) is 16.9. The van der Waals surface area contributed by atoms with Crippen LogP contribution in [0.15, 0.2) is 0 Å². The van der Waals surface area contributed by atoms with Crippen molar-refractivity contribution in [1.82, 2.24) is 0 Å². The average molecular weight is 835 g/mol. The van der Waals surface area contributed by atoms with Gasteiger partial charge in [-0.25, -0.2) is 0 Å². The summed E-state index contributed by atoms with van der Waals surface area (Å²) < 4.78 is 45.1. The van der Waals surface area contributed by atoms with Crippen LogP contribution < -0.4 is 0 Å². The molecule has 0 amide bonds. The van der Waals surface area contributed by atoms with Gasteiger partial charge < -0.3 is 40.0 Å². The molecule has 0 aliphatic heterocycles. The Labute approximate surface area is 319 Å². The molecule has 2 unspecified atom stereocenters. The minimum atomic E-state index is -2.73. The van der Waals surface area contributed by atoms with Gasteiger partial charge >= 0.3 is 0 Å². The topological polar surface area (TPSA) is 230 Å². The zero-order valence-electron chi connectivity index (χ0n) is 34.5. The highest BCUT2D eigenvalue weighted by Gasteiger charge is 2.17. The lowest BCUT2D eigenvalue weighted by molar-refractivity contribution is -0.0388. The van der Waals surface area contributed by atoms with Gasteiger partial charge in [0, 0.05) is 49.3 Å². The lowest BCUT2D eigenvalue weighted by Crippen LogP contribution is -2.31. The Balaban J connectivity index is -0.000000178. The third-order valence-electron chi connectivity index (χ3n) is 7.71. The van der Waals surface area contributed by atoms with Gasteiger partial charge in [-0.15, -0.1) is 0 Å². The fourth-order valence-corrected chi connectivity index (χ4v) is 11.3. The molecule has 16 heteroatoms. The van der Waals surface area contributed by atoms with Crippen LogP contribution >= 0.6 is 29.5 Å². The van der Waals surface area contributed by atoms with Crippen molar-refractivity contribution in [3.05, 3.63) is 0 Å². The van der Waals surface area contributed by atoms with E-state index in [0.717, 1.165) is 103 Å². The van der Waals surface area contributed by atoms with Gasteiger partial charge in [-0.2, -0.15) is 0 Å². The van der Waals surface area contributed by atoms with Crippen LogP contribution in [0.4, 0.5) is 0 Å². The van der Waals surface area contributed by atoms with Crippen LogP contribution in [-0.4, -0.2) is 115 Å². The largest absolute Gasteiger partial charge is 0.394 e. The van der Waals surface area contributed by atoms with Crippen LogP contribution in [-0.2, 0) is 18.3 Å². The first-order chi connectivity index (χ1) is 24.2. The van der Waals surface area contributed by atoms with E-state index in [1.807, 2.05) is 55.4 Å². The second-order valence-corrected chi connectivity index (χ2v) is 23.9. The standard InChI is InChI=1S/4C8H19O2P.C4H10O4/c4*1-3-5-7-11(9,10)8-6-4-2;5-1-3(7)4(8)2-6/h4*3-8H2,1-2H3,(H,9,10);3-8H,1-2H2. The average Bonchev–Trinajstić information content (AvgIpc) is 3.11. The van der Waals surface area contributed by atoms with Crippen molar-refractivity contribution in [1.29, 1.82) is 0 Å². The first-order valence-corrected chi connectivity index (χ1v) is 28.1. The van der Waals surface area contributed by atoms with Gasteiger partial charge in [0.1, 0.15) is 12.2 Å². The highest BCUT2D eigenvalue weighted by molar-refractivity contribution is 7.58. The molecule has 0 heterocycles. The van der Waals surface area contributed by atoms with E-state index in [9.17, 15) is 37.8 Å². The molecular formula is C36H86O12P4. The molecule has 0 aromatic rings. The number of hydrogen-bond acceptors (Lipinski definition) is 8. The molecule has 0 fully saturated rings. The fourth-order valence-electron chi connectivity index (χ4n) is 3.93. The van der Waals surface area contributed by atoms with Crippen LogP contribution in [0.25, 0.3) is 0 Å². The normalized spacial score (nSPS) is 12.8. The molecule has 52 heavy (non-hydrogen) atoms. The van der Waals surface area contributed by atoms with Crippen LogP contribution in [0.1, 0.15) is 158 Å². The number of hydrogen-bond donors (Lipinski definition) is 8. The Bertz CT molecular complexity index is 740. The van der Waals surface area contributed by atoms with E-state index in [0.29, 0.717) is 49.3 Å². The molecule has 0 aromatic carbocycles. The summed E-state index contributed by atoms with van der Waals surface area (Å²) in [5.41, 5.74) is 0. The van der Waals surface area contributed by atoms with Crippen molar-refractivity contribution >= 4 is 29.5 Å². The van der Waals surface area contributed by atoms with Gasteiger partial charge in [0.15, 0.2) is 0 Å². The van der Waals surface area contributed by atoms with Gasteiger partial charge in [0.25, 0.3) is 0 Å². The number of aliphatic hydroxyl groups excluding tert-OH is 4. The molecule has 322 valence electrons. The molecule has 12 nitrogen and oxygen atoms in total. The van der Waals surface area contributed by atoms with Crippen LogP contribution in [0.3, 0.4) is 0 Å². The Kier molecular flexibility index (Phi) is 49.0. The summed E-state index contributed by atoms with van der Waals surface area (Å²) in [6.45, 7) is 15.3. The first kappa shape index (κ1) is 61.8. The second-order valence-electron chi connectivity index (χ2n) is 13.5. The minimum absolute atomic E-state index is 0.517. The molecular weight excluding hydrogens is 748 g/mol. The summed E-state index contributed by atoms with van der Waals surface area (Å²) in [5.74, 6) is 0. The molecule has 0 aliphatic rings. The highest BCUT2D eigenvalue weighted by atomic mass is 31.2. The molecule has 0 saturated heterocycles. The van der Waals surface area contributed by atoms with Crippen molar-refractivity contribution in [2.24, 2.45) is 0 Å². The molecule has 0 aliphatic carbocycles. The van der Waals surface area contributed by atoms with Crippen LogP contribution in [0.5, 0.6) is 0 Å². The van der Waals surface area contributed by atoms with Gasteiger partial charge in [0.2, 0.25) is 29.5 Å². The van der Waals surface area contributed by atoms with Crippen molar-refractivity contribution in [2.75, 3.05) is 62.5 Å². The molecule has 0 radical (unpaired) electrons. The third-order valence-corrected chi connectivity index (χ3v) is 15.8. The quantitative estimate of drug-likeness (QED) is 0.0362. The van der Waals surface area contributed by atoms with Gasteiger partial charge in [0.05, 0.1) is 13.2 Å². The van der Waals surface area contributed by atoms with E-state index in [2.05, 4.69) is 0 Å². The SMILES string of the molecule is CCCCP(=O)(O)CCCC.CCCCP(=O)(O)CCCC.CCCCP(=O)(O)CCCC.CCCCP(=O)(O)CCCC.OCC(O)C(O)CO. The lowest BCUT2D eigenvalue weighted by atomic mass is 10.2. The van der Waals surface area contributed by atoms with E-state index < -0.39 is 54.9 Å². The molecule has 0 aromatic heterocycles. The maximum atomic E-state index is 11.3. The fraction of sp³-hybridized carbons (Fsp3) is 1.00. The van der Waals surface area contributed by atoms with Crippen molar-refractivity contribution in [3.8, 4) is 0 Å². The predicted octanol–water partition coefficient (Wildman–Crippen LogP) is 9.12. The summed E-state index contributed by atoms with van der Waals surface area (Å²) in [5, 5.41) is 33.2. The highest BCUT2D eigenvalue weighted by Crippen LogP contribution is 2.44. The third kappa shape index (κ3) is 52.7. The molecule has 0 rings (SSSR count). The van der Waals surface area contributed by atoms with E-state index >= 15 is 0 Å². The summed E-state index contributed by atoms with van der Waals surface area (Å²) in [4.78, 5) is 37.3. The maximum absolute atomic E-state index is 11.3. The van der Waals surface area contributed by atoms with Crippen LogP contribution in [0.2, 0.25) is 0 Å². The molecule has 2 atom stereocenters. The van der Waals surface area contributed by atoms with Gasteiger partial charge in [-0.1, -0.05) is 107 Å². The molecule has 0 bridgehead atoms. The summed E-state index contributed by atoms with van der Waals surface area (Å²) in [6, 6.07) is 0. The predicted molar refractivity (Wildman–Crippen MR) is 224 cm³/mol. The van der Waals surface area contributed by atoms with Crippen LogP contribution in [0, 0.1) is 0 Å². The van der Waals surface area contributed by atoms with Crippen molar-refractivity contribution < 1.29 is 58.3 Å². The lowest BCUT2D eigenvalue weighted by Gasteiger charge is -2.10. The van der Waals surface area contributed by atoms with E-state index in [1.54, 1.807) is 0 Å². The Hall–Kier alpha value is 0.600. The van der Waals surface area contributed by atoms with E-state index in [-0.39, 0.29) is 0 Å². The summed E-state index contributed by atoms with van der Waals surface area (Å²) in [7, 11) is -10.9. The zero-order valence-corrected chi connectivity index (χ0v) is 38.1. The Morgan fingerprint density at radius 2 is 0.442 bits per heavy atom. The number of unbranched alkanes of at least 4 members (excludes halogenated alkanes) is 8. The monoisotopic (exact) mass is 835 g/mol. The maximum Gasteiger partial charge on any atom is 0.200 e. The summed E-state index contributed by atoms with van der Waals surface area (Å²) >= 11 is 0. The minimum Gasteiger partial charge on any atom is -0.394 e. The zero-order chi connectivity index (χ0) is 41.5. The Morgan fingerprint density at radius 1 is 0.327 bits per heavy atom. The van der Waals surface area contributed by atoms with E-state index in [1.165, 1.54) is 0 Å². The number of aliphatic hydroxyl groups is 4. The Morgan fingerprint density at radius 3 is 0.519 bits per heavy atom. The molecule has 8 N–H and O–H groups in total. The number of rotatable bonds is 27. The van der Waals surface area contributed by atoms with Crippen molar-refractivity contribution in [2.45, 2.75) is 170 Å². The van der Waals surface area contributed by atoms with E-state index in [4.69, 9.17) is 20.4 Å². The molecule has 0 saturated carbocycles. The van der Waals surface area contributed by atoms with Gasteiger partial charge in [-0.05, 0) is 51.4 Å². The van der Waals surface area contributed by atoms with Gasteiger partial charge in [-0.3, -0.25) is 18.3 Å². The first-order valence-electron chi connectivity index (χ1n) is 20.0. The smallest absolute Gasteiger partial charge is 0.200 e. The van der Waals surface area contributed by atoms with Crippen molar-refractivity contribution in [3.63, 3.8) is 0 Å². The second kappa shape index (κ2) is 41.2. The molecule has 0 spiro atoms.